The number of aryl methyl sites for hydroxylation is 1. The number of pyridine rings is 1. The predicted molar refractivity (Wildman–Crippen MR) is 122 cm³/mol. The molecule has 3 aliphatic rings. The summed E-state index contributed by atoms with van der Waals surface area (Å²) >= 11 is 1.86. The average molecular weight is 436 g/mol. The molecule has 5 nitrogen and oxygen atoms in total. The topological polar surface area (TPSA) is 68.5 Å². The zero-order valence-corrected chi connectivity index (χ0v) is 18.6. The Bertz CT molecular complexity index is 1310. The van der Waals surface area contributed by atoms with Gasteiger partial charge in [-0.15, -0.1) is 11.3 Å². The third-order valence-corrected chi connectivity index (χ3v) is 9.12. The van der Waals surface area contributed by atoms with Gasteiger partial charge in [0.25, 0.3) is 0 Å². The van der Waals surface area contributed by atoms with Gasteiger partial charge in [-0.3, -0.25) is 4.79 Å². The molecule has 1 atom stereocenters. The van der Waals surface area contributed by atoms with Crippen LogP contribution < -0.4 is 10.2 Å². The molecule has 2 saturated carbocycles. The molecule has 1 N–H and O–H groups in total. The lowest BCUT2D eigenvalue weighted by Crippen LogP contribution is -2.19. The highest BCUT2D eigenvalue weighted by atomic mass is 32.1. The highest BCUT2D eigenvalue weighted by molar-refractivity contribution is 7.15. The summed E-state index contributed by atoms with van der Waals surface area (Å²) in [4.78, 5) is 27.2. The van der Waals surface area contributed by atoms with Crippen molar-refractivity contribution < 1.29 is 14.6 Å². The first kappa shape index (κ1) is 19.1. The van der Waals surface area contributed by atoms with Crippen molar-refractivity contribution in [3.8, 4) is 16.2 Å². The van der Waals surface area contributed by atoms with Gasteiger partial charge in [0.1, 0.15) is 5.56 Å². The summed E-state index contributed by atoms with van der Waals surface area (Å²) in [6, 6.07) is 6.24. The number of hydrogen-bond acceptors (Lipinski definition) is 4. The Hall–Kier alpha value is -2.60. The Morgan fingerprint density at radius 3 is 2.68 bits per heavy atom. The number of benzene rings is 1. The molecule has 0 amide bonds. The second kappa shape index (κ2) is 6.45. The van der Waals surface area contributed by atoms with E-state index in [9.17, 15) is 14.7 Å². The van der Waals surface area contributed by atoms with E-state index < -0.39 is 11.4 Å². The van der Waals surface area contributed by atoms with Gasteiger partial charge >= 0.3 is 5.97 Å². The summed E-state index contributed by atoms with van der Waals surface area (Å²) < 4.78 is 7.85. The molecule has 2 heterocycles. The molecule has 31 heavy (non-hydrogen) atoms. The predicted octanol–water partition coefficient (Wildman–Crippen LogP) is 5.60. The van der Waals surface area contributed by atoms with E-state index in [0.29, 0.717) is 22.5 Å². The minimum Gasteiger partial charge on any atom is -0.494 e. The summed E-state index contributed by atoms with van der Waals surface area (Å²) in [5, 5.41) is 9.95. The van der Waals surface area contributed by atoms with Crippen LogP contribution in [0.3, 0.4) is 0 Å². The fourth-order valence-electron chi connectivity index (χ4n) is 5.47. The molecule has 0 radical (unpaired) electrons. The summed E-state index contributed by atoms with van der Waals surface area (Å²) in [6.07, 6.45) is 8.59. The van der Waals surface area contributed by atoms with Crippen LogP contribution in [-0.2, 0) is 6.42 Å². The van der Waals surface area contributed by atoms with E-state index in [1.807, 2.05) is 22.0 Å². The van der Waals surface area contributed by atoms with Gasteiger partial charge in [-0.05, 0) is 73.6 Å². The number of methoxy groups -OCH3 is 1. The Morgan fingerprint density at radius 1 is 1.26 bits per heavy atom. The molecule has 6 rings (SSSR count). The second-order valence-electron chi connectivity index (χ2n) is 9.44. The minimum absolute atomic E-state index is 0.177. The van der Waals surface area contributed by atoms with E-state index in [0.717, 1.165) is 30.3 Å². The van der Waals surface area contributed by atoms with Crippen LogP contribution in [0.25, 0.3) is 21.3 Å². The molecular weight excluding hydrogens is 410 g/mol. The van der Waals surface area contributed by atoms with Crippen molar-refractivity contribution in [2.75, 3.05) is 7.11 Å². The average Bonchev–Trinajstić information content (AvgIpc) is 3.69. The molecular formula is C25H25NO4S. The summed E-state index contributed by atoms with van der Waals surface area (Å²) in [7, 11) is 1.64. The maximum absolute atomic E-state index is 12.9. The second-order valence-corrected chi connectivity index (χ2v) is 10.5. The molecule has 2 aromatic heterocycles. The molecule has 0 bridgehead atoms. The van der Waals surface area contributed by atoms with E-state index in [1.54, 1.807) is 13.2 Å². The molecule has 3 aromatic rings. The van der Waals surface area contributed by atoms with Crippen LogP contribution in [0.5, 0.6) is 5.75 Å². The smallest absolute Gasteiger partial charge is 0.341 e. The summed E-state index contributed by atoms with van der Waals surface area (Å²) in [6.45, 7) is 2.38. The third kappa shape index (κ3) is 2.73. The van der Waals surface area contributed by atoms with Crippen LogP contribution in [0.4, 0.5) is 0 Å². The van der Waals surface area contributed by atoms with Crippen LogP contribution in [-0.4, -0.2) is 22.8 Å². The number of aromatic carboxylic acids is 1. The van der Waals surface area contributed by atoms with Crippen LogP contribution in [0.2, 0.25) is 0 Å². The zero-order chi connectivity index (χ0) is 21.5. The number of carbonyl (C=O) groups is 1. The van der Waals surface area contributed by atoms with Crippen molar-refractivity contribution >= 4 is 28.2 Å². The van der Waals surface area contributed by atoms with Crippen LogP contribution in [0.15, 0.2) is 29.2 Å². The van der Waals surface area contributed by atoms with Gasteiger partial charge in [0, 0.05) is 27.6 Å². The normalized spacial score (nSPS) is 21.3. The molecule has 1 spiro atoms. The monoisotopic (exact) mass is 435 g/mol. The van der Waals surface area contributed by atoms with E-state index in [4.69, 9.17) is 4.74 Å². The quantitative estimate of drug-likeness (QED) is 0.579. The van der Waals surface area contributed by atoms with Gasteiger partial charge in [-0.1, -0.05) is 6.92 Å². The first-order valence-electron chi connectivity index (χ1n) is 11.1. The third-order valence-electron chi connectivity index (χ3n) is 7.73. The minimum atomic E-state index is -1.18. The number of nitrogens with zero attached hydrogens (tertiary/aromatic N) is 1. The van der Waals surface area contributed by atoms with Gasteiger partial charge in [0.15, 0.2) is 5.75 Å². The number of ether oxygens (including phenoxy) is 1. The lowest BCUT2D eigenvalue weighted by molar-refractivity contribution is 0.0695. The van der Waals surface area contributed by atoms with Crippen molar-refractivity contribution in [3.63, 3.8) is 0 Å². The fraction of sp³-hybridized carbons (Fsp3) is 0.440. The van der Waals surface area contributed by atoms with E-state index in [-0.39, 0.29) is 11.6 Å². The number of thiophene rings is 1. The summed E-state index contributed by atoms with van der Waals surface area (Å²) in [5.74, 6) is 0.0910. The van der Waals surface area contributed by atoms with Crippen molar-refractivity contribution in [2.45, 2.75) is 57.4 Å². The van der Waals surface area contributed by atoms with Crippen molar-refractivity contribution in [1.82, 2.24) is 4.57 Å². The maximum atomic E-state index is 12.9. The van der Waals surface area contributed by atoms with Gasteiger partial charge in [0.05, 0.1) is 18.0 Å². The molecule has 3 aliphatic carbocycles. The number of aromatic nitrogens is 1. The highest BCUT2D eigenvalue weighted by Crippen LogP contribution is 2.63. The summed E-state index contributed by atoms with van der Waals surface area (Å²) in [5.41, 5.74) is 3.07. The van der Waals surface area contributed by atoms with Crippen LogP contribution >= 0.6 is 11.3 Å². The van der Waals surface area contributed by atoms with Crippen molar-refractivity contribution in [1.29, 1.82) is 0 Å². The van der Waals surface area contributed by atoms with Gasteiger partial charge in [0.2, 0.25) is 5.43 Å². The van der Waals surface area contributed by atoms with Crippen molar-refractivity contribution in [2.24, 2.45) is 5.41 Å². The van der Waals surface area contributed by atoms with Gasteiger partial charge < -0.3 is 14.4 Å². The Morgan fingerprint density at radius 2 is 2.03 bits per heavy atom. The molecule has 1 aromatic carbocycles. The largest absolute Gasteiger partial charge is 0.494 e. The molecule has 160 valence electrons. The number of carboxylic acid groups (broad SMARTS) is 1. The highest BCUT2D eigenvalue weighted by Gasteiger charge is 2.50. The molecule has 2 fully saturated rings. The van der Waals surface area contributed by atoms with Crippen LogP contribution in [0.1, 0.15) is 71.8 Å². The lowest BCUT2D eigenvalue weighted by atomic mass is 9.78. The number of rotatable bonds is 4. The van der Waals surface area contributed by atoms with Gasteiger partial charge in [-0.2, -0.15) is 0 Å². The van der Waals surface area contributed by atoms with Crippen LogP contribution in [0, 0.1) is 5.41 Å². The van der Waals surface area contributed by atoms with E-state index in [1.165, 1.54) is 40.8 Å². The molecule has 6 heteroatoms. The Balaban J connectivity index is 1.57. The SMILES string of the molecule is COc1c(-c2cc3c(s2)C(C)C2(CC3)CC2)ccc2c(=O)c(C(=O)O)cn(C3CC3)c12. The zero-order valence-electron chi connectivity index (χ0n) is 17.7. The van der Waals surface area contributed by atoms with E-state index in [2.05, 4.69) is 13.0 Å². The first-order valence-corrected chi connectivity index (χ1v) is 11.9. The number of carboxylic acids is 1. The van der Waals surface area contributed by atoms with Gasteiger partial charge in [-0.25, -0.2) is 4.79 Å². The first-order chi connectivity index (χ1) is 14.9. The van der Waals surface area contributed by atoms with E-state index >= 15 is 0 Å². The number of hydrogen-bond donors (Lipinski definition) is 1. The fourth-order valence-corrected chi connectivity index (χ4v) is 6.90. The number of fused-ring (bicyclic) bond motifs is 2. The lowest BCUT2D eigenvalue weighted by Gasteiger charge is -2.28. The van der Waals surface area contributed by atoms with Crippen molar-refractivity contribution in [3.05, 3.63) is 50.6 Å². The maximum Gasteiger partial charge on any atom is 0.341 e. The molecule has 0 saturated heterocycles. The Kier molecular flexibility index (Phi) is 3.98. The molecule has 0 aliphatic heterocycles. The standard InChI is InChI=1S/C25H25NO4S/c1-13-23-14(7-8-25(13)9-10-25)11-19(31-23)16-5-6-17-20(22(16)30-2)26(15-3-4-15)12-18(21(17)27)24(28)29/h5-6,11-13,15H,3-4,7-10H2,1-2H3,(H,28,29). The molecule has 1 unspecified atom stereocenters. The Labute approximate surface area is 184 Å².